The summed E-state index contributed by atoms with van der Waals surface area (Å²) in [6.45, 7) is 0. The molecule has 0 heterocycles. The first kappa shape index (κ1) is 19.7. The van der Waals surface area contributed by atoms with Gasteiger partial charge in [-0.05, 0) is 66.7 Å². The van der Waals surface area contributed by atoms with E-state index in [4.69, 9.17) is 27.9 Å². The van der Waals surface area contributed by atoms with Crippen molar-refractivity contribution in [2.45, 2.75) is 0 Å². The number of rotatable bonds is 5. The molecule has 2 N–H and O–H groups in total. The smallest absolute Gasteiger partial charge is 0.257 e. The summed E-state index contributed by atoms with van der Waals surface area (Å²) in [6, 6.07) is 18.2. The molecule has 0 atom stereocenters. The number of ether oxygens (including phenoxy) is 1. The average Bonchev–Trinajstić information content (AvgIpc) is 2.69. The van der Waals surface area contributed by atoms with E-state index in [1.807, 2.05) is 0 Å². The Balaban J connectivity index is 1.65. The summed E-state index contributed by atoms with van der Waals surface area (Å²) in [4.78, 5) is 24.7. The van der Waals surface area contributed by atoms with Gasteiger partial charge in [-0.1, -0.05) is 23.2 Å². The van der Waals surface area contributed by atoms with E-state index in [0.717, 1.165) is 0 Å². The van der Waals surface area contributed by atoms with Crippen LogP contribution in [-0.4, -0.2) is 18.9 Å². The van der Waals surface area contributed by atoms with Gasteiger partial charge in [0.2, 0.25) is 0 Å². The molecule has 0 fully saturated rings. The second kappa shape index (κ2) is 8.78. The van der Waals surface area contributed by atoms with Crippen LogP contribution in [0.1, 0.15) is 20.7 Å². The van der Waals surface area contributed by atoms with Crippen molar-refractivity contribution in [2.24, 2.45) is 0 Å². The Hall–Kier alpha value is -3.02. The standard InChI is InChI=1S/C21H16Cl2N2O3/c1-28-17-9-7-16(8-10-17)24-20(26)13-2-5-15(6-3-13)25-21(27)18-11-4-14(22)12-19(18)23/h2-12H,1H3,(H,24,26)(H,25,27). The van der Waals surface area contributed by atoms with Gasteiger partial charge < -0.3 is 15.4 Å². The summed E-state index contributed by atoms with van der Waals surface area (Å²) in [5.41, 5.74) is 1.96. The number of carbonyl (C=O) groups excluding carboxylic acids is 2. The van der Waals surface area contributed by atoms with Crippen molar-refractivity contribution in [3.05, 3.63) is 87.9 Å². The molecule has 3 aromatic rings. The summed E-state index contributed by atoms with van der Waals surface area (Å²) in [5, 5.41) is 6.25. The lowest BCUT2D eigenvalue weighted by molar-refractivity contribution is 0.102. The number of halogens is 2. The highest BCUT2D eigenvalue weighted by atomic mass is 35.5. The minimum atomic E-state index is -0.364. The van der Waals surface area contributed by atoms with E-state index in [-0.39, 0.29) is 16.8 Å². The summed E-state index contributed by atoms with van der Waals surface area (Å²) >= 11 is 11.9. The van der Waals surface area contributed by atoms with Gasteiger partial charge in [0.15, 0.2) is 0 Å². The van der Waals surface area contributed by atoms with Crippen molar-refractivity contribution in [1.82, 2.24) is 0 Å². The van der Waals surface area contributed by atoms with E-state index >= 15 is 0 Å². The first-order valence-electron chi connectivity index (χ1n) is 8.28. The lowest BCUT2D eigenvalue weighted by Gasteiger charge is -2.09. The van der Waals surface area contributed by atoms with Gasteiger partial charge in [0, 0.05) is 22.0 Å². The maximum atomic E-state index is 12.3. The van der Waals surface area contributed by atoms with Gasteiger partial charge in [-0.15, -0.1) is 0 Å². The number of anilines is 2. The first-order valence-corrected chi connectivity index (χ1v) is 9.04. The van der Waals surface area contributed by atoms with Crippen LogP contribution in [0.25, 0.3) is 0 Å². The van der Waals surface area contributed by atoms with E-state index in [1.54, 1.807) is 67.8 Å². The van der Waals surface area contributed by atoms with Gasteiger partial charge >= 0.3 is 0 Å². The third-order valence-electron chi connectivity index (χ3n) is 3.93. The Bertz CT molecular complexity index is 1000. The zero-order valence-corrected chi connectivity index (χ0v) is 16.3. The number of amides is 2. The topological polar surface area (TPSA) is 67.4 Å². The molecule has 0 aromatic heterocycles. The molecule has 0 saturated carbocycles. The van der Waals surface area contributed by atoms with Crippen molar-refractivity contribution in [3.8, 4) is 5.75 Å². The fourth-order valence-corrected chi connectivity index (χ4v) is 2.95. The van der Waals surface area contributed by atoms with E-state index in [1.165, 1.54) is 6.07 Å². The fourth-order valence-electron chi connectivity index (χ4n) is 2.45. The Kier molecular flexibility index (Phi) is 6.19. The minimum absolute atomic E-state index is 0.260. The Morgan fingerprint density at radius 2 is 1.36 bits per heavy atom. The van der Waals surface area contributed by atoms with E-state index in [2.05, 4.69) is 10.6 Å². The molecule has 0 aliphatic heterocycles. The van der Waals surface area contributed by atoms with Gasteiger partial charge in [0.25, 0.3) is 11.8 Å². The number of hydrogen-bond donors (Lipinski definition) is 2. The third-order valence-corrected chi connectivity index (χ3v) is 4.48. The van der Waals surface area contributed by atoms with E-state index in [0.29, 0.717) is 33.3 Å². The Morgan fingerprint density at radius 3 is 1.93 bits per heavy atom. The molecule has 0 spiro atoms. The van der Waals surface area contributed by atoms with Crippen LogP contribution in [0.15, 0.2) is 66.7 Å². The van der Waals surface area contributed by atoms with Crippen molar-refractivity contribution >= 4 is 46.4 Å². The molecule has 7 heteroatoms. The normalized spacial score (nSPS) is 10.2. The minimum Gasteiger partial charge on any atom is -0.497 e. The molecular formula is C21H16Cl2N2O3. The van der Waals surface area contributed by atoms with Gasteiger partial charge in [0.1, 0.15) is 5.75 Å². The van der Waals surface area contributed by atoms with E-state index in [9.17, 15) is 9.59 Å². The van der Waals surface area contributed by atoms with Crippen LogP contribution in [0.3, 0.4) is 0 Å². The highest BCUT2D eigenvalue weighted by molar-refractivity contribution is 6.37. The number of nitrogens with one attached hydrogen (secondary N) is 2. The molecule has 142 valence electrons. The predicted molar refractivity (Wildman–Crippen MR) is 112 cm³/mol. The largest absolute Gasteiger partial charge is 0.497 e. The monoisotopic (exact) mass is 414 g/mol. The molecule has 0 aliphatic rings. The van der Waals surface area contributed by atoms with Crippen LogP contribution >= 0.6 is 23.2 Å². The lowest BCUT2D eigenvalue weighted by Crippen LogP contribution is -2.14. The van der Waals surface area contributed by atoms with Crippen LogP contribution in [0.4, 0.5) is 11.4 Å². The van der Waals surface area contributed by atoms with Gasteiger partial charge in [0.05, 0.1) is 17.7 Å². The highest BCUT2D eigenvalue weighted by Gasteiger charge is 2.12. The quantitative estimate of drug-likeness (QED) is 0.578. The second-order valence-corrected chi connectivity index (χ2v) is 6.68. The maximum absolute atomic E-state index is 12.3. The molecule has 0 bridgehead atoms. The van der Waals surface area contributed by atoms with Crippen molar-refractivity contribution in [3.63, 3.8) is 0 Å². The van der Waals surface area contributed by atoms with Crippen LogP contribution in [0, 0.1) is 0 Å². The van der Waals surface area contributed by atoms with Crippen LogP contribution in [0.2, 0.25) is 10.0 Å². The summed E-state index contributed by atoms with van der Waals surface area (Å²) in [6.07, 6.45) is 0. The maximum Gasteiger partial charge on any atom is 0.257 e. The lowest BCUT2D eigenvalue weighted by atomic mass is 10.1. The molecule has 3 aromatic carbocycles. The molecular weight excluding hydrogens is 399 g/mol. The zero-order chi connectivity index (χ0) is 20.1. The first-order chi connectivity index (χ1) is 13.5. The van der Waals surface area contributed by atoms with Crippen LogP contribution < -0.4 is 15.4 Å². The summed E-state index contributed by atoms with van der Waals surface area (Å²) < 4.78 is 5.09. The highest BCUT2D eigenvalue weighted by Crippen LogP contribution is 2.22. The average molecular weight is 415 g/mol. The van der Waals surface area contributed by atoms with Crippen LogP contribution in [-0.2, 0) is 0 Å². The number of benzene rings is 3. The molecule has 0 saturated heterocycles. The Morgan fingerprint density at radius 1 is 0.786 bits per heavy atom. The molecule has 28 heavy (non-hydrogen) atoms. The second-order valence-electron chi connectivity index (χ2n) is 5.84. The predicted octanol–water partition coefficient (Wildman–Crippen LogP) is 5.51. The van der Waals surface area contributed by atoms with Crippen molar-refractivity contribution in [2.75, 3.05) is 17.7 Å². The Labute approximate surface area is 172 Å². The summed E-state index contributed by atoms with van der Waals surface area (Å²) in [7, 11) is 1.58. The molecule has 0 radical (unpaired) electrons. The summed E-state index contributed by atoms with van der Waals surface area (Å²) in [5.74, 6) is 0.0831. The molecule has 2 amide bonds. The van der Waals surface area contributed by atoms with E-state index < -0.39 is 0 Å². The third kappa shape index (κ3) is 4.82. The van der Waals surface area contributed by atoms with Crippen molar-refractivity contribution in [1.29, 1.82) is 0 Å². The zero-order valence-electron chi connectivity index (χ0n) is 14.8. The molecule has 3 rings (SSSR count). The number of methoxy groups -OCH3 is 1. The molecule has 5 nitrogen and oxygen atoms in total. The van der Waals surface area contributed by atoms with Gasteiger partial charge in [-0.2, -0.15) is 0 Å². The number of hydrogen-bond acceptors (Lipinski definition) is 3. The van der Waals surface area contributed by atoms with Gasteiger partial charge in [-0.3, -0.25) is 9.59 Å². The van der Waals surface area contributed by atoms with Crippen molar-refractivity contribution < 1.29 is 14.3 Å². The number of carbonyl (C=O) groups is 2. The molecule has 0 aliphatic carbocycles. The van der Waals surface area contributed by atoms with Crippen LogP contribution in [0.5, 0.6) is 5.75 Å². The van der Waals surface area contributed by atoms with Gasteiger partial charge in [-0.25, -0.2) is 0 Å². The molecule has 0 unspecified atom stereocenters. The fraction of sp³-hybridized carbons (Fsp3) is 0.0476. The SMILES string of the molecule is COc1ccc(NC(=O)c2ccc(NC(=O)c3ccc(Cl)cc3Cl)cc2)cc1.